The monoisotopic (exact) mass is 249 g/mol. The second-order valence-electron chi connectivity index (χ2n) is 4.70. The van der Waals surface area contributed by atoms with E-state index in [2.05, 4.69) is 53.3 Å². The molecule has 0 fully saturated rings. The zero-order chi connectivity index (χ0) is 13.2. The molecule has 94 valence electrons. The van der Waals surface area contributed by atoms with Crippen LogP contribution in [0, 0.1) is 6.92 Å². The topological polar surface area (TPSA) is 51.8 Å². The van der Waals surface area contributed by atoms with Crippen molar-refractivity contribution >= 4 is 5.95 Å². The van der Waals surface area contributed by atoms with E-state index in [1.54, 1.807) is 0 Å². The largest absolute Gasteiger partial charge is 0.368 e. The highest BCUT2D eigenvalue weighted by atomic mass is 15.0. The lowest BCUT2D eigenvalue weighted by Gasteiger charge is -2.09. The van der Waals surface area contributed by atoms with E-state index in [1.165, 1.54) is 5.56 Å². The second kappa shape index (κ2) is 4.69. The van der Waals surface area contributed by atoms with Gasteiger partial charge in [0.25, 0.3) is 0 Å². The summed E-state index contributed by atoms with van der Waals surface area (Å²) in [5.41, 5.74) is 9.92. The van der Waals surface area contributed by atoms with Gasteiger partial charge in [0.2, 0.25) is 5.95 Å². The maximum Gasteiger partial charge on any atom is 0.220 e. The first kappa shape index (κ1) is 11.7. The third kappa shape index (κ3) is 2.40. The Labute approximate surface area is 112 Å². The fourth-order valence-electron chi connectivity index (χ4n) is 2.16. The van der Waals surface area contributed by atoms with Crippen molar-refractivity contribution in [3.05, 3.63) is 65.9 Å². The van der Waals surface area contributed by atoms with Crippen molar-refractivity contribution in [2.24, 2.45) is 0 Å². The van der Waals surface area contributed by atoms with E-state index in [-0.39, 0.29) is 5.92 Å². The molecule has 1 aliphatic rings. The summed E-state index contributed by atoms with van der Waals surface area (Å²) >= 11 is 0. The van der Waals surface area contributed by atoms with Gasteiger partial charge < -0.3 is 5.73 Å². The number of nitrogens with zero attached hydrogens (tertiary/aromatic N) is 2. The van der Waals surface area contributed by atoms with E-state index in [0.717, 1.165) is 17.0 Å². The number of anilines is 1. The number of hydrogen-bond donors (Lipinski definition) is 1. The van der Waals surface area contributed by atoms with Gasteiger partial charge in [0, 0.05) is 11.5 Å². The highest BCUT2D eigenvalue weighted by molar-refractivity contribution is 5.61. The normalized spacial score (nSPS) is 14.2. The van der Waals surface area contributed by atoms with Crippen LogP contribution in [0.25, 0.3) is 11.3 Å². The highest BCUT2D eigenvalue weighted by Crippen LogP contribution is 2.26. The van der Waals surface area contributed by atoms with Crippen LogP contribution in [0.15, 0.2) is 54.6 Å². The SMILES string of the molecule is Cc1ccc(-c2cc(C3C=CC=C3)nc(N)n2)cc1. The average molecular weight is 249 g/mol. The minimum Gasteiger partial charge on any atom is -0.368 e. The lowest BCUT2D eigenvalue weighted by molar-refractivity contribution is 0.987. The molecule has 3 heteroatoms. The Morgan fingerprint density at radius 3 is 2.37 bits per heavy atom. The van der Waals surface area contributed by atoms with Gasteiger partial charge in [0.15, 0.2) is 0 Å². The molecule has 3 rings (SSSR count). The van der Waals surface area contributed by atoms with Crippen LogP contribution in [0.5, 0.6) is 0 Å². The molecule has 0 saturated heterocycles. The highest BCUT2D eigenvalue weighted by Gasteiger charge is 2.12. The molecular formula is C16H15N3. The third-order valence-corrected chi connectivity index (χ3v) is 3.20. The van der Waals surface area contributed by atoms with Crippen molar-refractivity contribution in [2.75, 3.05) is 5.73 Å². The number of hydrogen-bond acceptors (Lipinski definition) is 3. The fraction of sp³-hybridized carbons (Fsp3) is 0.125. The molecule has 19 heavy (non-hydrogen) atoms. The molecule has 0 atom stereocenters. The minimum absolute atomic E-state index is 0.203. The molecule has 2 N–H and O–H groups in total. The van der Waals surface area contributed by atoms with Gasteiger partial charge in [-0.25, -0.2) is 9.97 Å². The number of aromatic nitrogens is 2. The maximum atomic E-state index is 5.82. The standard InChI is InChI=1S/C16H15N3/c1-11-6-8-13(9-7-11)15-10-14(18-16(17)19-15)12-4-2-3-5-12/h2-10,12H,1H3,(H2,17,18,19). The van der Waals surface area contributed by atoms with Crippen molar-refractivity contribution in [1.29, 1.82) is 0 Å². The molecule has 1 aromatic heterocycles. The smallest absolute Gasteiger partial charge is 0.220 e. The predicted octanol–water partition coefficient (Wildman–Crippen LogP) is 3.24. The van der Waals surface area contributed by atoms with Crippen LogP contribution in [0.1, 0.15) is 17.2 Å². The van der Waals surface area contributed by atoms with Crippen molar-refractivity contribution < 1.29 is 0 Å². The molecular weight excluding hydrogens is 234 g/mol. The molecule has 0 saturated carbocycles. The third-order valence-electron chi connectivity index (χ3n) is 3.20. The minimum atomic E-state index is 0.203. The van der Waals surface area contributed by atoms with Gasteiger partial charge in [-0.1, -0.05) is 54.1 Å². The maximum absolute atomic E-state index is 5.82. The summed E-state index contributed by atoms with van der Waals surface area (Å²) in [5.74, 6) is 0.524. The van der Waals surface area contributed by atoms with Gasteiger partial charge in [-0.15, -0.1) is 0 Å². The van der Waals surface area contributed by atoms with Crippen LogP contribution in [0.2, 0.25) is 0 Å². The number of allylic oxidation sites excluding steroid dienone is 4. The molecule has 1 aromatic carbocycles. The summed E-state index contributed by atoms with van der Waals surface area (Å²) in [6, 6.07) is 10.3. The average Bonchev–Trinajstić information content (AvgIpc) is 2.93. The van der Waals surface area contributed by atoms with Crippen molar-refractivity contribution in [2.45, 2.75) is 12.8 Å². The Morgan fingerprint density at radius 2 is 1.68 bits per heavy atom. The summed E-state index contributed by atoms with van der Waals surface area (Å²) in [7, 11) is 0. The second-order valence-corrected chi connectivity index (χ2v) is 4.70. The number of nitrogen functional groups attached to an aromatic ring is 1. The predicted molar refractivity (Wildman–Crippen MR) is 77.6 cm³/mol. The Morgan fingerprint density at radius 1 is 1.00 bits per heavy atom. The number of aryl methyl sites for hydroxylation is 1. The van der Waals surface area contributed by atoms with Crippen LogP contribution < -0.4 is 5.73 Å². The quantitative estimate of drug-likeness (QED) is 0.888. The van der Waals surface area contributed by atoms with Crippen LogP contribution in [0.4, 0.5) is 5.95 Å². The molecule has 2 aromatic rings. The first-order chi connectivity index (χ1) is 9.22. The lowest BCUT2D eigenvalue weighted by atomic mass is 10.0. The van der Waals surface area contributed by atoms with Crippen molar-refractivity contribution in [3.63, 3.8) is 0 Å². The molecule has 1 heterocycles. The van der Waals surface area contributed by atoms with Crippen LogP contribution in [0.3, 0.4) is 0 Å². The summed E-state index contributed by atoms with van der Waals surface area (Å²) in [6.45, 7) is 2.07. The van der Waals surface area contributed by atoms with Crippen LogP contribution in [-0.2, 0) is 0 Å². The number of benzene rings is 1. The molecule has 0 unspecified atom stereocenters. The lowest BCUT2D eigenvalue weighted by Crippen LogP contribution is -2.02. The Bertz CT molecular complexity index is 642. The first-order valence-corrected chi connectivity index (χ1v) is 6.29. The molecule has 0 spiro atoms. The fourth-order valence-corrected chi connectivity index (χ4v) is 2.16. The van der Waals surface area contributed by atoms with Gasteiger partial charge in [-0.2, -0.15) is 0 Å². The van der Waals surface area contributed by atoms with Gasteiger partial charge in [0.05, 0.1) is 11.4 Å². The Kier molecular flexibility index (Phi) is 2.88. The zero-order valence-electron chi connectivity index (χ0n) is 10.7. The van der Waals surface area contributed by atoms with Gasteiger partial charge in [-0.05, 0) is 13.0 Å². The van der Waals surface area contributed by atoms with E-state index < -0.39 is 0 Å². The Balaban J connectivity index is 2.04. The van der Waals surface area contributed by atoms with E-state index >= 15 is 0 Å². The van der Waals surface area contributed by atoms with E-state index in [9.17, 15) is 0 Å². The zero-order valence-corrected chi connectivity index (χ0v) is 10.7. The molecule has 0 radical (unpaired) electrons. The molecule has 0 aliphatic heterocycles. The number of rotatable bonds is 2. The van der Waals surface area contributed by atoms with E-state index in [0.29, 0.717) is 5.95 Å². The van der Waals surface area contributed by atoms with Crippen LogP contribution >= 0.6 is 0 Å². The Hall–Kier alpha value is -2.42. The summed E-state index contributed by atoms with van der Waals surface area (Å²) < 4.78 is 0. The van der Waals surface area contributed by atoms with Crippen molar-refractivity contribution in [1.82, 2.24) is 9.97 Å². The summed E-state index contributed by atoms with van der Waals surface area (Å²) in [4.78, 5) is 8.65. The van der Waals surface area contributed by atoms with Crippen molar-refractivity contribution in [3.8, 4) is 11.3 Å². The molecule has 0 bridgehead atoms. The molecule has 0 amide bonds. The van der Waals surface area contributed by atoms with Gasteiger partial charge in [-0.3, -0.25) is 0 Å². The van der Waals surface area contributed by atoms with Gasteiger partial charge >= 0.3 is 0 Å². The molecule has 3 nitrogen and oxygen atoms in total. The first-order valence-electron chi connectivity index (χ1n) is 6.29. The summed E-state index contributed by atoms with van der Waals surface area (Å²) in [5, 5.41) is 0. The summed E-state index contributed by atoms with van der Waals surface area (Å²) in [6.07, 6.45) is 8.24. The van der Waals surface area contributed by atoms with E-state index in [4.69, 9.17) is 5.73 Å². The molecule has 1 aliphatic carbocycles. The van der Waals surface area contributed by atoms with Crippen LogP contribution in [-0.4, -0.2) is 9.97 Å². The van der Waals surface area contributed by atoms with Gasteiger partial charge in [0.1, 0.15) is 0 Å². The van der Waals surface area contributed by atoms with E-state index in [1.807, 2.05) is 18.2 Å². The number of nitrogens with two attached hydrogens (primary N) is 1.